The average Bonchev–Trinajstić information content (AvgIpc) is 3.16. The van der Waals surface area contributed by atoms with Crippen molar-refractivity contribution >= 4 is 6.09 Å². The van der Waals surface area contributed by atoms with Crippen LogP contribution in [0.25, 0.3) is 11.1 Å². The van der Waals surface area contributed by atoms with Crippen LogP contribution in [0.5, 0.6) is 11.5 Å². The van der Waals surface area contributed by atoms with Crippen LogP contribution in [-0.2, 0) is 11.2 Å². The van der Waals surface area contributed by atoms with Crippen molar-refractivity contribution in [3.05, 3.63) is 83.4 Å². The number of fused-ring (bicyclic) bond motifs is 3. The van der Waals surface area contributed by atoms with Crippen molar-refractivity contribution in [1.29, 1.82) is 0 Å². The minimum Gasteiger partial charge on any atom is -0.493 e. The average molecular weight is 450 g/mol. The molecule has 1 aliphatic carbocycles. The highest BCUT2D eigenvalue weighted by Gasteiger charge is 2.29. The van der Waals surface area contributed by atoms with E-state index in [-0.39, 0.29) is 18.9 Å². The van der Waals surface area contributed by atoms with E-state index >= 15 is 0 Å². The Morgan fingerprint density at radius 3 is 2.09 bits per heavy atom. The van der Waals surface area contributed by atoms with Gasteiger partial charge in [-0.25, -0.2) is 4.79 Å². The van der Waals surface area contributed by atoms with Gasteiger partial charge in [0.25, 0.3) is 0 Å². The lowest BCUT2D eigenvalue weighted by atomic mass is 9.98. The molecule has 3 N–H and O–H groups in total. The molecule has 1 amide bonds. The first-order chi connectivity index (χ1) is 16.0. The van der Waals surface area contributed by atoms with Gasteiger partial charge in [-0.3, -0.25) is 0 Å². The van der Waals surface area contributed by atoms with Crippen LogP contribution in [-0.4, -0.2) is 49.5 Å². The number of methoxy groups -OCH3 is 2. The molecule has 3 aromatic carbocycles. The normalized spacial score (nSPS) is 13.2. The molecule has 3 aromatic rings. The van der Waals surface area contributed by atoms with Crippen molar-refractivity contribution in [3.63, 3.8) is 0 Å². The second-order valence-corrected chi connectivity index (χ2v) is 7.88. The Morgan fingerprint density at radius 1 is 0.909 bits per heavy atom. The fourth-order valence-electron chi connectivity index (χ4n) is 4.28. The Labute approximate surface area is 192 Å². The highest BCUT2D eigenvalue weighted by Crippen LogP contribution is 2.44. The zero-order valence-corrected chi connectivity index (χ0v) is 18.5. The Morgan fingerprint density at radius 2 is 1.52 bits per heavy atom. The van der Waals surface area contributed by atoms with E-state index in [1.807, 2.05) is 36.4 Å². The second-order valence-electron chi connectivity index (χ2n) is 7.88. The Bertz CT molecular complexity index is 1080. The second kappa shape index (κ2) is 9.94. The van der Waals surface area contributed by atoms with E-state index in [1.54, 1.807) is 18.2 Å². The third kappa shape index (κ3) is 4.79. The van der Waals surface area contributed by atoms with Crippen LogP contribution in [0.4, 0.5) is 4.79 Å². The first-order valence-corrected chi connectivity index (χ1v) is 10.7. The topological polar surface area (TPSA) is 97.3 Å². The molecule has 0 spiro atoms. The maximum Gasteiger partial charge on any atom is 0.407 e. The molecule has 1 atom stereocenters. The van der Waals surface area contributed by atoms with Gasteiger partial charge in [0.15, 0.2) is 17.8 Å². The number of hydrogen-bond donors (Lipinski definition) is 3. The Kier molecular flexibility index (Phi) is 6.82. The third-order valence-corrected chi connectivity index (χ3v) is 5.91. The third-order valence-electron chi connectivity index (χ3n) is 5.91. The number of aliphatic hydroxyl groups is 2. The van der Waals surface area contributed by atoms with Gasteiger partial charge in [-0.15, -0.1) is 0 Å². The lowest BCUT2D eigenvalue weighted by molar-refractivity contribution is -0.0659. The zero-order chi connectivity index (χ0) is 23.4. The molecule has 33 heavy (non-hydrogen) atoms. The number of rotatable bonds is 8. The predicted molar refractivity (Wildman–Crippen MR) is 123 cm³/mol. The molecule has 0 saturated heterocycles. The van der Waals surface area contributed by atoms with Crippen molar-refractivity contribution < 1.29 is 29.2 Å². The number of ether oxygens (including phenoxy) is 3. The van der Waals surface area contributed by atoms with Crippen molar-refractivity contribution in [3.8, 4) is 22.6 Å². The van der Waals surface area contributed by atoms with Crippen LogP contribution in [0, 0.1) is 0 Å². The van der Waals surface area contributed by atoms with Gasteiger partial charge in [0.1, 0.15) is 6.61 Å². The highest BCUT2D eigenvalue weighted by molar-refractivity contribution is 5.79. The number of amides is 1. The number of aliphatic hydroxyl groups excluding tert-OH is 1. The molecule has 0 aliphatic heterocycles. The molecule has 4 rings (SSSR count). The van der Waals surface area contributed by atoms with Crippen LogP contribution >= 0.6 is 0 Å². The molecule has 0 unspecified atom stereocenters. The zero-order valence-electron chi connectivity index (χ0n) is 18.5. The van der Waals surface area contributed by atoms with Gasteiger partial charge in [0.2, 0.25) is 0 Å². The maximum atomic E-state index is 12.6. The molecule has 1 aliphatic rings. The minimum atomic E-state index is -1.77. The fourth-order valence-corrected chi connectivity index (χ4v) is 4.28. The summed E-state index contributed by atoms with van der Waals surface area (Å²) in [5.74, 6) is 1.00. The van der Waals surface area contributed by atoms with E-state index in [4.69, 9.17) is 14.2 Å². The van der Waals surface area contributed by atoms with Crippen molar-refractivity contribution in [2.24, 2.45) is 0 Å². The van der Waals surface area contributed by atoms with Crippen LogP contribution < -0.4 is 14.8 Å². The van der Waals surface area contributed by atoms with Crippen LogP contribution in [0.15, 0.2) is 66.7 Å². The summed E-state index contributed by atoms with van der Waals surface area (Å²) in [6.07, 6.45) is -2.31. The Balaban J connectivity index is 1.42. The van der Waals surface area contributed by atoms with Gasteiger partial charge in [-0.2, -0.15) is 0 Å². The van der Waals surface area contributed by atoms with E-state index in [0.29, 0.717) is 11.5 Å². The van der Waals surface area contributed by atoms with E-state index < -0.39 is 18.4 Å². The van der Waals surface area contributed by atoms with Crippen molar-refractivity contribution in [2.75, 3.05) is 20.8 Å². The fraction of sp³-hybridized carbons (Fsp3) is 0.269. The Hall–Kier alpha value is -3.55. The van der Waals surface area contributed by atoms with Gasteiger partial charge in [-0.05, 0) is 46.4 Å². The summed E-state index contributed by atoms with van der Waals surface area (Å²) in [6, 6.07) is 20.4. The van der Waals surface area contributed by atoms with Crippen LogP contribution in [0.1, 0.15) is 22.6 Å². The summed E-state index contributed by atoms with van der Waals surface area (Å²) in [4.78, 5) is 12.6. The summed E-state index contributed by atoms with van der Waals surface area (Å²) < 4.78 is 16.0. The number of benzene rings is 3. The van der Waals surface area contributed by atoms with E-state index in [1.165, 1.54) is 14.2 Å². The summed E-state index contributed by atoms with van der Waals surface area (Å²) in [6.45, 7) is 0.143. The smallest absolute Gasteiger partial charge is 0.407 e. The molecule has 0 aromatic heterocycles. The maximum absolute atomic E-state index is 12.6. The lowest BCUT2D eigenvalue weighted by Gasteiger charge is -2.22. The monoisotopic (exact) mass is 449 g/mol. The van der Waals surface area contributed by atoms with Gasteiger partial charge < -0.3 is 29.7 Å². The van der Waals surface area contributed by atoms with E-state index in [2.05, 4.69) is 17.4 Å². The molecule has 7 nitrogen and oxygen atoms in total. The largest absolute Gasteiger partial charge is 0.493 e. The molecule has 7 heteroatoms. The van der Waals surface area contributed by atoms with Crippen molar-refractivity contribution in [2.45, 2.75) is 24.7 Å². The number of nitrogens with one attached hydrogen (secondary N) is 1. The molecule has 172 valence electrons. The summed E-state index contributed by atoms with van der Waals surface area (Å²) in [7, 11) is 3.06. The summed E-state index contributed by atoms with van der Waals surface area (Å²) >= 11 is 0. The van der Waals surface area contributed by atoms with Crippen LogP contribution in [0.3, 0.4) is 0 Å². The van der Waals surface area contributed by atoms with Gasteiger partial charge in [-0.1, -0.05) is 54.6 Å². The first kappa shape index (κ1) is 22.6. The quantitative estimate of drug-likeness (QED) is 0.456. The molecule has 0 saturated carbocycles. The lowest BCUT2D eigenvalue weighted by Crippen LogP contribution is -2.45. The standard InChI is InChI=1S/C26H27NO6/c1-31-23-12-11-16(14-24(23)32-2)13-22(25(28)29)27-26(30)33-15-21-19-9-5-3-7-17(19)18-8-4-6-10-20(18)21/h3-12,14,21-22,25,28-29H,13,15H2,1-2H3,(H,27,30)/t22-/m0/s1. The van der Waals surface area contributed by atoms with E-state index in [0.717, 1.165) is 27.8 Å². The number of carbonyl (C=O) groups is 1. The molecule has 0 bridgehead atoms. The minimum absolute atomic E-state index is 0.0773. The number of alkyl carbamates (subject to hydrolysis) is 1. The summed E-state index contributed by atoms with van der Waals surface area (Å²) in [5, 5.41) is 22.2. The predicted octanol–water partition coefficient (Wildman–Crippen LogP) is 3.46. The van der Waals surface area contributed by atoms with Crippen LogP contribution in [0.2, 0.25) is 0 Å². The summed E-state index contributed by atoms with van der Waals surface area (Å²) in [5.41, 5.74) is 5.23. The SMILES string of the molecule is COc1ccc(C[C@H](NC(=O)OCC2c3ccccc3-c3ccccc32)C(O)O)cc1OC. The van der Waals surface area contributed by atoms with Gasteiger partial charge in [0.05, 0.1) is 20.3 Å². The number of hydrogen-bond acceptors (Lipinski definition) is 6. The molecule has 0 fully saturated rings. The molecular weight excluding hydrogens is 422 g/mol. The molecule has 0 heterocycles. The van der Waals surface area contributed by atoms with Crippen molar-refractivity contribution in [1.82, 2.24) is 5.32 Å². The molecule has 0 radical (unpaired) electrons. The first-order valence-electron chi connectivity index (χ1n) is 10.7. The van der Waals surface area contributed by atoms with Gasteiger partial charge >= 0.3 is 6.09 Å². The number of carbonyl (C=O) groups excluding carboxylic acids is 1. The highest BCUT2D eigenvalue weighted by atomic mass is 16.6. The van der Waals surface area contributed by atoms with E-state index in [9.17, 15) is 15.0 Å². The van der Waals surface area contributed by atoms with Gasteiger partial charge in [0, 0.05) is 5.92 Å². The molecular formula is C26H27NO6.